The minimum Gasteiger partial charge on any atom is -0.478 e. The number of fused-ring (bicyclic) bond motifs is 1. The summed E-state index contributed by atoms with van der Waals surface area (Å²) in [5.41, 5.74) is 3.10. The fourth-order valence-electron chi connectivity index (χ4n) is 2.78. The molecule has 4 heteroatoms. The zero-order chi connectivity index (χ0) is 14.3. The van der Waals surface area contributed by atoms with Crippen LogP contribution in [0.1, 0.15) is 45.8 Å². The third-order valence-corrected chi connectivity index (χ3v) is 3.57. The predicted octanol–water partition coefficient (Wildman–Crippen LogP) is 3.18. The van der Waals surface area contributed by atoms with E-state index >= 15 is 0 Å². The summed E-state index contributed by atoms with van der Waals surface area (Å²) in [6.45, 7) is 7.74. The molecular weight excluding hydrogens is 242 g/mol. The third-order valence-electron chi connectivity index (χ3n) is 3.57. The molecule has 0 amide bonds. The number of aryl methyl sites for hydroxylation is 2. The number of ketones is 1. The van der Waals surface area contributed by atoms with Gasteiger partial charge in [-0.05, 0) is 33.3 Å². The zero-order valence-electron chi connectivity index (χ0n) is 11.6. The van der Waals surface area contributed by atoms with Gasteiger partial charge in [-0.3, -0.25) is 4.79 Å². The van der Waals surface area contributed by atoms with Gasteiger partial charge >= 0.3 is 5.97 Å². The van der Waals surface area contributed by atoms with Crippen LogP contribution >= 0.6 is 0 Å². The van der Waals surface area contributed by atoms with E-state index in [1.165, 1.54) is 6.92 Å². The number of nitrogens with zero attached hydrogens (tertiary/aromatic N) is 1. The minimum atomic E-state index is -0.953. The average molecular weight is 259 g/mol. The van der Waals surface area contributed by atoms with Crippen LogP contribution in [0.15, 0.2) is 12.1 Å². The highest BCUT2D eigenvalue weighted by Crippen LogP contribution is 2.30. The van der Waals surface area contributed by atoms with Gasteiger partial charge in [-0.2, -0.15) is 0 Å². The Morgan fingerprint density at radius 1 is 1.21 bits per heavy atom. The molecule has 0 saturated carbocycles. The Morgan fingerprint density at radius 2 is 1.84 bits per heavy atom. The monoisotopic (exact) mass is 259 g/mol. The summed E-state index contributed by atoms with van der Waals surface area (Å²) >= 11 is 0. The van der Waals surface area contributed by atoms with Crippen molar-refractivity contribution < 1.29 is 14.7 Å². The number of hydrogen-bond donors (Lipinski definition) is 1. The molecule has 19 heavy (non-hydrogen) atoms. The molecule has 0 aliphatic rings. The third kappa shape index (κ3) is 1.84. The summed E-state index contributed by atoms with van der Waals surface area (Å²) < 4.78 is 1.91. The first kappa shape index (κ1) is 13.3. The summed E-state index contributed by atoms with van der Waals surface area (Å²) in [6, 6.07) is 3.60. The van der Waals surface area contributed by atoms with E-state index in [0.29, 0.717) is 23.2 Å². The van der Waals surface area contributed by atoms with Crippen LogP contribution in [0.25, 0.3) is 10.9 Å². The molecule has 1 aromatic carbocycles. The highest BCUT2D eigenvalue weighted by atomic mass is 16.4. The van der Waals surface area contributed by atoms with Crippen LogP contribution in [0.3, 0.4) is 0 Å². The van der Waals surface area contributed by atoms with Crippen molar-refractivity contribution in [3.05, 3.63) is 34.5 Å². The molecule has 0 saturated heterocycles. The summed E-state index contributed by atoms with van der Waals surface area (Å²) in [5, 5.41) is 10.2. The van der Waals surface area contributed by atoms with Gasteiger partial charge in [0.2, 0.25) is 0 Å². The highest BCUT2D eigenvalue weighted by Gasteiger charge is 2.22. The number of carbonyl (C=O) groups excluding carboxylic acids is 1. The summed E-state index contributed by atoms with van der Waals surface area (Å²) in [6.07, 6.45) is 0. The zero-order valence-corrected chi connectivity index (χ0v) is 11.6. The van der Waals surface area contributed by atoms with Crippen molar-refractivity contribution in [3.8, 4) is 0 Å². The molecule has 2 rings (SSSR count). The second-order valence-electron chi connectivity index (χ2n) is 4.72. The van der Waals surface area contributed by atoms with E-state index in [0.717, 1.165) is 11.1 Å². The van der Waals surface area contributed by atoms with E-state index in [9.17, 15) is 14.7 Å². The van der Waals surface area contributed by atoms with Gasteiger partial charge in [0.25, 0.3) is 0 Å². The van der Waals surface area contributed by atoms with E-state index in [2.05, 4.69) is 0 Å². The number of aromatic nitrogens is 1. The van der Waals surface area contributed by atoms with Crippen LogP contribution in [0.4, 0.5) is 0 Å². The first-order chi connectivity index (χ1) is 8.90. The van der Waals surface area contributed by atoms with E-state index in [4.69, 9.17) is 0 Å². The normalized spacial score (nSPS) is 10.9. The second kappa shape index (κ2) is 4.53. The van der Waals surface area contributed by atoms with E-state index in [-0.39, 0.29) is 11.3 Å². The number of rotatable bonds is 3. The lowest BCUT2D eigenvalue weighted by atomic mass is 10.0. The first-order valence-corrected chi connectivity index (χ1v) is 6.26. The van der Waals surface area contributed by atoms with Gasteiger partial charge in [0.05, 0.1) is 11.1 Å². The molecule has 0 radical (unpaired) electrons. The Morgan fingerprint density at radius 3 is 2.32 bits per heavy atom. The van der Waals surface area contributed by atoms with Crippen molar-refractivity contribution in [2.24, 2.45) is 0 Å². The van der Waals surface area contributed by atoms with Crippen LogP contribution in [0.5, 0.6) is 0 Å². The van der Waals surface area contributed by atoms with Crippen molar-refractivity contribution in [3.63, 3.8) is 0 Å². The van der Waals surface area contributed by atoms with Gasteiger partial charge in [-0.25, -0.2) is 4.79 Å². The Bertz CT molecular complexity index is 695. The largest absolute Gasteiger partial charge is 0.478 e. The van der Waals surface area contributed by atoms with Crippen LogP contribution < -0.4 is 0 Å². The number of carbonyl (C=O) groups is 2. The lowest BCUT2D eigenvalue weighted by molar-refractivity contribution is 0.0697. The molecule has 0 unspecified atom stereocenters. The molecule has 0 aliphatic carbocycles. The van der Waals surface area contributed by atoms with Crippen molar-refractivity contribution in [2.75, 3.05) is 0 Å². The molecule has 0 fully saturated rings. The number of carboxylic acid groups (broad SMARTS) is 1. The smallest absolute Gasteiger partial charge is 0.338 e. The molecule has 0 bridgehead atoms. The molecule has 1 aromatic heterocycles. The topological polar surface area (TPSA) is 59.3 Å². The average Bonchev–Trinajstić information content (AvgIpc) is 2.59. The quantitative estimate of drug-likeness (QED) is 0.861. The Labute approximate surface area is 111 Å². The lowest BCUT2D eigenvalue weighted by Crippen LogP contribution is -2.05. The van der Waals surface area contributed by atoms with Gasteiger partial charge in [0, 0.05) is 23.2 Å². The number of aromatic carboxylic acids is 1. The van der Waals surface area contributed by atoms with Crippen LogP contribution in [-0.4, -0.2) is 21.4 Å². The highest BCUT2D eigenvalue weighted by molar-refractivity contribution is 6.13. The van der Waals surface area contributed by atoms with Crippen molar-refractivity contribution in [2.45, 2.75) is 34.2 Å². The maximum absolute atomic E-state index is 11.8. The number of benzene rings is 1. The maximum Gasteiger partial charge on any atom is 0.338 e. The van der Waals surface area contributed by atoms with E-state index < -0.39 is 5.97 Å². The predicted molar refractivity (Wildman–Crippen MR) is 74.0 cm³/mol. The van der Waals surface area contributed by atoms with Gasteiger partial charge in [-0.1, -0.05) is 12.1 Å². The van der Waals surface area contributed by atoms with Crippen molar-refractivity contribution in [1.29, 1.82) is 0 Å². The van der Waals surface area contributed by atoms with Crippen molar-refractivity contribution >= 4 is 22.7 Å². The Kier molecular flexibility index (Phi) is 3.18. The molecule has 0 aliphatic heterocycles. The fraction of sp³-hybridized carbons (Fsp3) is 0.333. The molecule has 0 atom stereocenters. The molecular formula is C15H17NO3. The minimum absolute atomic E-state index is 0.0325. The van der Waals surface area contributed by atoms with Crippen molar-refractivity contribution in [1.82, 2.24) is 4.57 Å². The fourth-order valence-corrected chi connectivity index (χ4v) is 2.78. The van der Waals surface area contributed by atoms with E-state index in [1.807, 2.05) is 24.5 Å². The summed E-state index contributed by atoms with van der Waals surface area (Å²) in [5.74, 6) is -0.986. The van der Waals surface area contributed by atoms with Gasteiger partial charge in [0.15, 0.2) is 5.78 Å². The summed E-state index contributed by atoms with van der Waals surface area (Å²) in [7, 11) is 0. The van der Waals surface area contributed by atoms with Crippen LogP contribution in [-0.2, 0) is 6.54 Å². The van der Waals surface area contributed by atoms with Crippen LogP contribution in [0, 0.1) is 13.8 Å². The molecule has 2 aromatic rings. The number of carboxylic acids is 1. The molecule has 1 heterocycles. The maximum atomic E-state index is 11.8. The lowest BCUT2D eigenvalue weighted by Gasteiger charge is -2.08. The van der Waals surface area contributed by atoms with Gasteiger partial charge in [0.1, 0.15) is 0 Å². The van der Waals surface area contributed by atoms with Gasteiger partial charge in [-0.15, -0.1) is 0 Å². The number of hydrogen-bond acceptors (Lipinski definition) is 2. The molecule has 100 valence electrons. The second-order valence-corrected chi connectivity index (χ2v) is 4.72. The Balaban J connectivity index is 3.06. The molecule has 1 N–H and O–H groups in total. The first-order valence-electron chi connectivity index (χ1n) is 6.26. The van der Waals surface area contributed by atoms with E-state index in [1.54, 1.807) is 13.0 Å². The number of Topliss-reactive ketones (excluding diaryl/α,β-unsaturated/α-hetero) is 1. The summed E-state index contributed by atoms with van der Waals surface area (Å²) in [4.78, 5) is 23.3. The SMILES string of the molecule is CCn1c(C)c(C(C)=O)c2ccc(C)c(C(=O)O)c21. The standard InChI is InChI=1S/C15H17NO3/c1-5-16-9(3)13(10(4)17)11-7-6-8(2)12(14(11)16)15(18)19/h6-7H,5H2,1-4H3,(H,18,19). The molecule has 4 nitrogen and oxygen atoms in total. The van der Waals surface area contributed by atoms with Crippen LogP contribution in [0.2, 0.25) is 0 Å². The Hall–Kier alpha value is -2.10. The molecule has 0 spiro atoms. The van der Waals surface area contributed by atoms with Gasteiger partial charge < -0.3 is 9.67 Å².